The molecule has 3 aliphatic rings. The smallest absolute Gasteiger partial charge is 0.412 e. The maximum Gasteiger partial charge on any atom is 0.412 e. The molecule has 28 heavy (non-hydrogen) atoms. The summed E-state index contributed by atoms with van der Waals surface area (Å²) < 4.78 is 11.3. The number of para-hydroxylation sites is 2. The van der Waals surface area contributed by atoms with Gasteiger partial charge in [-0.25, -0.2) is 4.79 Å². The number of unbranched alkanes of at least 4 members (excludes halogenated alkanes) is 1. The first-order chi connectivity index (χ1) is 13.7. The van der Waals surface area contributed by atoms with Crippen molar-refractivity contribution in [2.75, 3.05) is 19.0 Å². The van der Waals surface area contributed by atoms with E-state index in [0.717, 1.165) is 6.42 Å². The molecule has 5 heteroatoms. The molecule has 1 aromatic carbocycles. The molecular weight excluding hydrogens is 352 g/mol. The van der Waals surface area contributed by atoms with Gasteiger partial charge < -0.3 is 9.47 Å². The van der Waals surface area contributed by atoms with Crippen LogP contribution >= 0.6 is 0 Å². The van der Waals surface area contributed by atoms with Crippen LogP contribution < -0.4 is 10.1 Å². The molecule has 2 aliphatic heterocycles. The molecular formula is C23H34N2O3. The van der Waals surface area contributed by atoms with Gasteiger partial charge in [-0.3, -0.25) is 10.2 Å². The number of hydrogen-bond acceptors (Lipinski definition) is 4. The second kappa shape index (κ2) is 8.73. The number of piperidine rings is 2. The van der Waals surface area contributed by atoms with E-state index in [1.165, 1.54) is 51.5 Å². The summed E-state index contributed by atoms with van der Waals surface area (Å²) in [5, 5.41) is 2.89. The predicted octanol–water partition coefficient (Wildman–Crippen LogP) is 5.07. The number of nitrogens with one attached hydrogen (secondary N) is 1. The van der Waals surface area contributed by atoms with Crippen LogP contribution in [0, 0.1) is 11.8 Å². The van der Waals surface area contributed by atoms with E-state index >= 15 is 0 Å². The molecule has 0 spiro atoms. The molecule has 4 rings (SSSR count). The average molecular weight is 387 g/mol. The predicted molar refractivity (Wildman–Crippen MR) is 111 cm³/mol. The lowest BCUT2D eigenvalue weighted by molar-refractivity contribution is -0.0177. The van der Waals surface area contributed by atoms with Crippen LogP contribution in [0.15, 0.2) is 24.3 Å². The van der Waals surface area contributed by atoms with Gasteiger partial charge in [0.2, 0.25) is 0 Å². The van der Waals surface area contributed by atoms with Crippen molar-refractivity contribution in [3.8, 4) is 5.75 Å². The minimum atomic E-state index is -0.352. The first-order valence-electron chi connectivity index (χ1n) is 11.1. The number of carbonyl (C=O) groups is 1. The molecule has 2 bridgehead atoms. The van der Waals surface area contributed by atoms with E-state index in [2.05, 4.69) is 17.1 Å². The monoisotopic (exact) mass is 386 g/mol. The van der Waals surface area contributed by atoms with Gasteiger partial charge in [-0.15, -0.1) is 0 Å². The number of rotatable bonds is 6. The number of hydrogen-bond donors (Lipinski definition) is 1. The maximum absolute atomic E-state index is 12.6. The van der Waals surface area contributed by atoms with E-state index < -0.39 is 0 Å². The fraction of sp³-hybridized carbons (Fsp3) is 0.696. The topological polar surface area (TPSA) is 50.8 Å². The normalized spacial score (nSPS) is 31.9. The summed E-state index contributed by atoms with van der Waals surface area (Å²) in [6, 6.07) is 8.75. The molecule has 1 aliphatic carbocycles. The first-order valence-corrected chi connectivity index (χ1v) is 11.1. The zero-order valence-corrected chi connectivity index (χ0v) is 17.2. The lowest BCUT2D eigenvalue weighted by Crippen LogP contribution is -2.55. The van der Waals surface area contributed by atoms with Gasteiger partial charge in [-0.1, -0.05) is 38.3 Å². The molecule has 0 unspecified atom stereocenters. The third kappa shape index (κ3) is 3.86. The molecule has 5 nitrogen and oxygen atoms in total. The summed E-state index contributed by atoms with van der Waals surface area (Å²) >= 11 is 0. The Hall–Kier alpha value is -1.75. The highest BCUT2D eigenvalue weighted by Crippen LogP contribution is 2.49. The number of carbonyl (C=O) groups excluding carboxylic acids is 1. The number of benzene rings is 1. The molecule has 0 aromatic heterocycles. The summed E-state index contributed by atoms with van der Waals surface area (Å²) in [4.78, 5) is 15.4. The van der Waals surface area contributed by atoms with Gasteiger partial charge in [0.05, 0.1) is 12.8 Å². The van der Waals surface area contributed by atoms with Crippen molar-refractivity contribution in [2.45, 2.75) is 76.5 Å². The number of fused-ring (bicyclic) bond motifs is 4. The fourth-order valence-corrected chi connectivity index (χ4v) is 5.89. The van der Waals surface area contributed by atoms with Gasteiger partial charge in [0.1, 0.15) is 11.9 Å². The summed E-state index contributed by atoms with van der Waals surface area (Å²) in [6.07, 6.45) is 9.67. The van der Waals surface area contributed by atoms with Gasteiger partial charge >= 0.3 is 6.09 Å². The molecule has 5 atom stereocenters. The van der Waals surface area contributed by atoms with Crippen LogP contribution in [-0.4, -0.2) is 42.8 Å². The van der Waals surface area contributed by atoms with Crippen LogP contribution in [-0.2, 0) is 4.74 Å². The summed E-state index contributed by atoms with van der Waals surface area (Å²) in [6.45, 7) is 3.51. The number of amides is 1. The third-order valence-corrected chi connectivity index (χ3v) is 7.10. The number of ether oxygens (including phenoxy) is 2. The van der Waals surface area contributed by atoms with Crippen LogP contribution in [0.5, 0.6) is 5.75 Å². The molecule has 154 valence electrons. The molecule has 2 saturated heterocycles. The van der Waals surface area contributed by atoms with E-state index in [-0.39, 0.29) is 12.2 Å². The Morgan fingerprint density at radius 1 is 1.25 bits per heavy atom. The number of anilines is 1. The highest BCUT2D eigenvalue weighted by atomic mass is 16.6. The molecule has 3 fully saturated rings. The van der Waals surface area contributed by atoms with Crippen LogP contribution in [0.2, 0.25) is 0 Å². The van der Waals surface area contributed by atoms with Crippen LogP contribution in [0.4, 0.5) is 10.5 Å². The van der Waals surface area contributed by atoms with Gasteiger partial charge in [-0.05, 0) is 56.7 Å². The Morgan fingerprint density at radius 3 is 2.93 bits per heavy atom. The minimum absolute atomic E-state index is 0.0388. The molecule has 1 saturated carbocycles. The Labute approximate surface area is 168 Å². The second-order valence-electron chi connectivity index (χ2n) is 8.67. The Morgan fingerprint density at radius 2 is 2.11 bits per heavy atom. The van der Waals surface area contributed by atoms with Gasteiger partial charge in [0, 0.05) is 18.0 Å². The van der Waals surface area contributed by atoms with Gasteiger partial charge in [0.25, 0.3) is 0 Å². The highest BCUT2D eigenvalue weighted by molar-refractivity contribution is 5.86. The lowest BCUT2D eigenvalue weighted by Gasteiger charge is -2.49. The highest BCUT2D eigenvalue weighted by Gasteiger charge is 2.52. The zero-order chi connectivity index (χ0) is 19.5. The van der Waals surface area contributed by atoms with Crippen LogP contribution in [0.1, 0.15) is 58.3 Å². The fourth-order valence-electron chi connectivity index (χ4n) is 5.89. The Kier molecular flexibility index (Phi) is 6.10. The summed E-state index contributed by atoms with van der Waals surface area (Å²) in [5.74, 6) is 1.82. The van der Waals surface area contributed by atoms with Gasteiger partial charge in [-0.2, -0.15) is 0 Å². The van der Waals surface area contributed by atoms with Crippen molar-refractivity contribution in [3.63, 3.8) is 0 Å². The van der Waals surface area contributed by atoms with Crippen molar-refractivity contribution in [1.29, 1.82) is 0 Å². The van der Waals surface area contributed by atoms with Crippen LogP contribution in [0.25, 0.3) is 0 Å². The van der Waals surface area contributed by atoms with E-state index in [0.29, 0.717) is 35.4 Å². The molecule has 1 N–H and O–H groups in total. The molecule has 0 radical (unpaired) electrons. The molecule has 1 amide bonds. The number of methoxy groups -OCH3 is 1. The summed E-state index contributed by atoms with van der Waals surface area (Å²) in [7, 11) is 1.61. The minimum Gasteiger partial charge on any atom is -0.495 e. The zero-order valence-electron chi connectivity index (χ0n) is 17.2. The SMILES string of the molecule is CCCC[C@H]1[C@@H]2C[C@H]([C@H]3CCCCN31)[C@H](OC(=O)Nc1ccccc1OC)C2. The average Bonchev–Trinajstić information content (AvgIpc) is 3.07. The molecule has 1 aromatic rings. The standard InChI is InChI=1S/C23H34N2O3/c1-3-4-10-19-16-14-17(20-11-7-8-13-25(19)20)22(15-16)28-23(26)24-18-9-5-6-12-21(18)27-2/h5-6,9,12,16-17,19-20,22H,3-4,7-8,10-11,13-15H2,1-2H3,(H,24,26)/t16-,17-,19+,20-,22-/m1/s1. The quantitative estimate of drug-likeness (QED) is 0.742. The van der Waals surface area contributed by atoms with E-state index in [9.17, 15) is 4.79 Å². The van der Waals surface area contributed by atoms with Crippen molar-refractivity contribution in [3.05, 3.63) is 24.3 Å². The third-order valence-electron chi connectivity index (χ3n) is 7.10. The van der Waals surface area contributed by atoms with Crippen molar-refractivity contribution < 1.29 is 14.3 Å². The number of nitrogens with zero attached hydrogens (tertiary/aromatic N) is 1. The van der Waals surface area contributed by atoms with Crippen LogP contribution in [0.3, 0.4) is 0 Å². The van der Waals surface area contributed by atoms with Crippen molar-refractivity contribution >= 4 is 11.8 Å². The van der Waals surface area contributed by atoms with E-state index in [4.69, 9.17) is 9.47 Å². The first kappa shape index (κ1) is 19.6. The lowest BCUT2D eigenvalue weighted by atomic mass is 9.79. The molecule has 2 heterocycles. The maximum atomic E-state index is 12.6. The Balaban J connectivity index is 1.44. The van der Waals surface area contributed by atoms with E-state index in [1.54, 1.807) is 7.11 Å². The summed E-state index contributed by atoms with van der Waals surface area (Å²) in [5.41, 5.74) is 0.663. The van der Waals surface area contributed by atoms with E-state index in [1.807, 2.05) is 24.3 Å². The second-order valence-corrected chi connectivity index (χ2v) is 8.67. The van der Waals surface area contributed by atoms with Crippen molar-refractivity contribution in [1.82, 2.24) is 4.90 Å². The van der Waals surface area contributed by atoms with Crippen molar-refractivity contribution in [2.24, 2.45) is 11.8 Å². The van der Waals surface area contributed by atoms with Gasteiger partial charge in [0.15, 0.2) is 0 Å². The Bertz CT molecular complexity index is 680. The largest absolute Gasteiger partial charge is 0.495 e.